The molecule has 1 aliphatic carbocycles. The number of nitrogens with zero attached hydrogens (tertiary/aromatic N) is 2. The summed E-state index contributed by atoms with van der Waals surface area (Å²) in [6, 6.07) is 19.2. The molecule has 0 radical (unpaired) electrons. The Morgan fingerprint density at radius 1 is 1.00 bits per heavy atom. The van der Waals surface area contributed by atoms with Crippen LogP contribution < -0.4 is 5.32 Å². The van der Waals surface area contributed by atoms with Crippen molar-refractivity contribution in [2.45, 2.75) is 45.2 Å². The third kappa shape index (κ3) is 5.23. The van der Waals surface area contributed by atoms with Crippen molar-refractivity contribution in [3.05, 3.63) is 86.8 Å². The zero-order valence-corrected chi connectivity index (χ0v) is 21.3. The minimum atomic E-state index is 0.00221. The third-order valence-corrected chi connectivity index (χ3v) is 8.46. The fourth-order valence-electron chi connectivity index (χ4n) is 5.36. The molecule has 1 atom stereocenters. The van der Waals surface area contributed by atoms with Crippen molar-refractivity contribution in [3.63, 3.8) is 0 Å². The summed E-state index contributed by atoms with van der Waals surface area (Å²) in [5.41, 5.74) is 5.39. The second-order valence-electron chi connectivity index (χ2n) is 9.39. The zero-order chi connectivity index (χ0) is 23.5. The second kappa shape index (κ2) is 10.6. The Kier molecular flexibility index (Phi) is 7.35. The van der Waals surface area contributed by atoms with Crippen LogP contribution in [0.25, 0.3) is 0 Å². The van der Waals surface area contributed by atoms with E-state index in [1.165, 1.54) is 40.0 Å². The molecule has 2 aliphatic rings. The topological polar surface area (TPSA) is 35.6 Å². The smallest absolute Gasteiger partial charge is 0.221 e. The number of carbonyl (C=O) groups is 1. The Labute approximate surface area is 211 Å². The lowest BCUT2D eigenvalue weighted by molar-refractivity contribution is -0.114. The van der Waals surface area contributed by atoms with Crippen molar-refractivity contribution in [2.24, 2.45) is 0 Å². The van der Waals surface area contributed by atoms with Crippen molar-refractivity contribution in [2.75, 3.05) is 31.5 Å². The fraction of sp³-hybridized carbons (Fsp3) is 0.393. The molecule has 0 spiro atoms. The number of rotatable bonds is 6. The van der Waals surface area contributed by atoms with Gasteiger partial charge in [-0.25, -0.2) is 0 Å². The van der Waals surface area contributed by atoms with Gasteiger partial charge in [0.25, 0.3) is 0 Å². The van der Waals surface area contributed by atoms with Crippen LogP contribution in [-0.2, 0) is 24.2 Å². The first-order valence-electron chi connectivity index (χ1n) is 12.3. The van der Waals surface area contributed by atoms with E-state index in [0.717, 1.165) is 55.6 Å². The molecule has 6 heteroatoms. The number of carbonyl (C=O) groups excluding carboxylic acids is 1. The number of aryl methyl sites for hydroxylation is 1. The standard InChI is InChI=1S/C28H32ClN3OS/c1-20(33)30-28-26(24-9-5-6-10-25(24)34-28)27(22-11-13-23(29)14-12-22)32-17-15-31(16-18-32)19-21-7-3-2-4-8-21/h2-4,7-8,11-14,27H,5-6,9-10,15-19H2,1H3,(H,30,33). The molecule has 1 aromatic heterocycles. The average molecular weight is 494 g/mol. The van der Waals surface area contributed by atoms with E-state index in [2.05, 4.69) is 57.6 Å². The minimum Gasteiger partial charge on any atom is -0.318 e. The number of benzene rings is 2. The number of halogens is 1. The van der Waals surface area contributed by atoms with Gasteiger partial charge in [-0.05, 0) is 54.5 Å². The molecule has 1 unspecified atom stereocenters. The lowest BCUT2D eigenvalue weighted by Crippen LogP contribution is -2.47. The maximum atomic E-state index is 12.1. The molecule has 1 amide bonds. The number of nitrogens with one attached hydrogen (secondary N) is 1. The van der Waals surface area contributed by atoms with Gasteiger partial charge < -0.3 is 5.32 Å². The molecule has 2 aromatic carbocycles. The first-order chi connectivity index (χ1) is 16.6. The molecule has 34 heavy (non-hydrogen) atoms. The van der Waals surface area contributed by atoms with Crippen LogP contribution in [0.1, 0.15) is 52.9 Å². The Morgan fingerprint density at radius 2 is 1.71 bits per heavy atom. The van der Waals surface area contributed by atoms with Gasteiger partial charge >= 0.3 is 0 Å². The summed E-state index contributed by atoms with van der Waals surface area (Å²) in [4.78, 5) is 18.7. The van der Waals surface area contributed by atoms with Gasteiger partial charge in [0.2, 0.25) is 5.91 Å². The van der Waals surface area contributed by atoms with Crippen molar-refractivity contribution in [1.29, 1.82) is 0 Å². The summed E-state index contributed by atoms with van der Waals surface area (Å²) >= 11 is 8.05. The fourth-order valence-corrected chi connectivity index (χ4v) is 6.85. The SMILES string of the molecule is CC(=O)Nc1sc2c(c1C(c1ccc(Cl)cc1)N1CCN(Cc3ccccc3)CC1)CCCC2. The normalized spacial score (nSPS) is 17.8. The molecular formula is C28H32ClN3OS. The Hall–Kier alpha value is -2.18. The number of piperazine rings is 1. The van der Waals surface area contributed by atoms with Crippen LogP contribution in [0.2, 0.25) is 5.02 Å². The molecule has 1 N–H and O–H groups in total. The van der Waals surface area contributed by atoms with Crippen LogP contribution >= 0.6 is 22.9 Å². The number of amides is 1. The van der Waals surface area contributed by atoms with Crippen molar-refractivity contribution >= 4 is 33.8 Å². The molecule has 4 nitrogen and oxygen atoms in total. The van der Waals surface area contributed by atoms with Gasteiger partial charge in [0.1, 0.15) is 5.00 Å². The van der Waals surface area contributed by atoms with E-state index in [1.54, 1.807) is 18.3 Å². The van der Waals surface area contributed by atoms with Crippen LogP contribution in [0, 0.1) is 0 Å². The lowest BCUT2D eigenvalue weighted by Gasteiger charge is -2.40. The highest BCUT2D eigenvalue weighted by Gasteiger charge is 2.33. The summed E-state index contributed by atoms with van der Waals surface area (Å²) in [6.45, 7) is 6.64. The number of thiophene rings is 1. The predicted octanol–water partition coefficient (Wildman–Crippen LogP) is 6.15. The summed E-state index contributed by atoms with van der Waals surface area (Å²) in [5.74, 6) is 0.00221. The van der Waals surface area contributed by atoms with Gasteiger partial charge in [-0.15, -0.1) is 11.3 Å². The zero-order valence-electron chi connectivity index (χ0n) is 19.7. The highest BCUT2D eigenvalue weighted by Crippen LogP contribution is 2.45. The second-order valence-corrected chi connectivity index (χ2v) is 10.9. The molecule has 2 heterocycles. The van der Waals surface area contributed by atoms with Crippen molar-refractivity contribution < 1.29 is 4.79 Å². The maximum Gasteiger partial charge on any atom is 0.221 e. The average Bonchev–Trinajstić information content (AvgIpc) is 3.19. The van der Waals surface area contributed by atoms with E-state index in [1.807, 2.05) is 12.1 Å². The molecule has 1 fully saturated rings. The monoisotopic (exact) mass is 493 g/mol. The number of hydrogen-bond acceptors (Lipinski definition) is 4. The lowest BCUT2D eigenvalue weighted by atomic mass is 9.88. The predicted molar refractivity (Wildman–Crippen MR) is 142 cm³/mol. The summed E-state index contributed by atoms with van der Waals surface area (Å²) in [7, 11) is 0. The van der Waals surface area contributed by atoms with E-state index in [9.17, 15) is 4.79 Å². The van der Waals surface area contributed by atoms with E-state index >= 15 is 0 Å². The van der Waals surface area contributed by atoms with E-state index < -0.39 is 0 Å². The number of fused-ring (bicyclic) bond motifs is 1. The van der Waals surface area contributed by atoms with Gasteiger partial charge in [-0.2, -0.15) is 0 Å². The molecule has 1 aliphatic heterocycles. The summed E-state index contributed by atoms with van der Waals surface area (Å²) in [6.07, 6.45) is 4.66. The van der Waals surface area contributed by atoms with Crippen LogP contribution in [0.5, 0.6) is 0 Å². The summed E-state index contributed by atoms with van der Waals surface area (Å²) in [5, 5.41) is 4.98. The van der Waals surface area contributed by atoms with Crippen LogP contribution in [0.3, 0.4) is 0 Å². The molecule has 1 saturated heterocycles. The molecule has 0 bridgehead atoms. The van der Waals surface area contributed by atoms with E-state index in [4.69, 9.17) is 11.6 Å². The van der Waals surface area contributed by atoms with E-state index in [0.29, 0.717) is 0 Å². The Bertz CT molecular complexity index is 1120. The Morgan fingerprint density at radius 3 is 2.41 bits per heavy atom. The highest BCUT2D eigenvalue weighted by atomic mass is 35.5. The van der Waals surface area contributed by atoms with Gasteiger partial charge in [-0.3, -0.25) is 14.6 Å². The maximum absolute atomic E-state index is 12.1. The molecule has 178 valence electrons. The van der Waals surface area contributed by atoms with Crippen molar-refractivity contribution in [3.8, 4) is 0 Å². The van der Waals surface area contributed by atoms with Crippen LogP contribution in [0.4, 0.5) is 5.00 Å². The van der Waals surface area contributed by atoms with Gasteiger partial charge in [0, 0.05) is 55.1 Å². The highest BCUT2D eigenvalue weighted by molar-refractivity contribution is 7.16. The van der Waals surface area contributed by atoms with Gasteiger partial charge in [0.05, 0.1) is 6.04 Å². The quantitative estimate of drug-likeness (QED) is 0.447. The minimum absolute atomic E-state index is 0.00221. The third-order valence-electron chi connectivity index (χ3n) is 6.98. The summed E-state index contributed by atoms with van der Waals surface area (Å²) < 4.78 is 0. The van der Waals surface area contributed by atoms with Gasteiger partial charge in [-0.1, -0.05) is 54.1 Å². The van der Waals surface area contributed by atoms with E-state index in [-0.39, 0.29) is 11.9 Å². The molecule has 0 saturated carbocycles. The molecular weight excluding hydrogens is 462 g/mol. The van der Waals surface area contributed by atoms with Crippen LogP contribution in [0.15, 0.2) is 54.6 Å². The van der Waals surface area contributed by atoms with Gasteiger partial charge in [0.15, 0.2) is 0 Å². The molecule has 5 rings (SSSR count). The number of anilines is 1. The van der Waals surface area contributed by atoms with Crippen LogP contribution in [-0.4, -0.2) is 41.9 Å². The first-order valence-corrected chi connectivity index (χ1v) is 13.5. The Balaban J connectivity index is 1.46. The first kappa shape index (κ1) is 23.6. The number of hydrogen-bond donors (Lipinski definition) is 1. The molecule has 3 aromatic rings. The largest absolute Gasteiger partial charge is 0.318 e. The van der Waals surface area contributed by atoms with Crippen molar-refractivity contribution in [1.82, 2.24) is 9.80 Å².